The molecule has 8 heteroatoms. The normalized spacial score (nSPS) is 24.1. The number of rotatable bonds is 7. The fourth-order valence-electron chi connectivity index (χ4n) is 7.00. The summed E-state index contributed by atoms with van der Waals surface area (Å²) in [5, 5.41) is 13.6. The SMILES string of the molecule is O=C(NC1(C23CC(C(=O)O)(C2)C3)CC1)c1cc(-c2ccc(F)c(F)c2)cc2ccn(Cc3ccc(F)cc3)c12. The molecule has 8 rings (SSSR count). The van der Waals surface area contributed by atoms with Gasteiger partial charge in [0.15, 0.2) is 11.6 Å². The highest BCUT2D eigenvalue weighted by Crippen LogP contribution is 2.81. The standard InChI is InChI=1S/C31H25F3N2O3/c32-22-4-1-18(2-5-22)14-36-10-7-20-11-21(19-3-6-24(33)25(34)13-19)12-23(26(20)36)27(37)35-31(8-9-31)30-15-29(16-30,17-30)28(38)39/h1-7,10-13H,8-9,14-17H2,(H,35,37)(H,38,39). The van der Waals surface area contributed by atoms with E-state index < -0.39 is 28.6 Å². The van der Waals surface area contributed by atoms with E-state index in [2.05, 4.69) is 5.32 Å². The molecule has 0 atom stereocenters. The predicted octanol–water partition coefficient (Wildman–Crippen LogP) is 6.29. The maximum Gasteiger partial charge on any atom is 0.309 e. The molecule has 4 aromatic rings. The maximum atomic E-state index is 14.1. The third-order valence-corrected chi connectivity index (χ3v) is 9.23. The summed E-state index contributed by atoms with van der Waals surface area (Å²) in [6.45, 7) is 0.408. The van der Waals surface area contributed by atoms with Gasteiger partial charge in [-0.3, -0.25) is 9.59 Å². The van der Waals surface area contributed by atoms with Crippen molar-refractivity contribution in [1.82, 2.24) is 9.88 Å². The van der Waals surface area contributed by atoms with E-state index in [4.69, 9.17) is 0 Å². The van der Waals surface area contributed by atoms with Gasteiger partial charge in [-0.2, -0.15) is 0 Å². The van der Waals surface area contributed by atoms with Crippen molar-refractivity contribution < 1.29 is 27.9 Å². The lowest BCUT2D eigenvalue weighted by Crippen LogP contribution is -2.73. The second-order valence-corrected chi connectivity index (χ2v) is 11.6. The summed E-state index contributed by atoms with van der Waals surface area (Å²) in [4.78, 5) is 25.6. The van der Waals surface area contributed by atoms with Gasteiger partial charge in [0.25, 0.3) is 5.91 Å². The van der Waals surface area contributed by atoms with Gasteiger partial charge in [-0.15, -0.1) is 0 Å². The number of halogens is 3. The summed E-state index contributed by atoms with van der Waals surface area (Å²) in [5.74, 6) is -3.29. The number of amides is 1. The molecule has 1 amide bonds. The first kappa shape index (κ1) is 24.0. The third-order valence-electron chi connectivity index (χ3n) is 9.23. The van der Waals surface area contributed by atoms with Crippen LogP contribution in [0.5, 0.6) is 0 Å². The summed E-state index contributed by atoms with van der Waals surface area (Å²) >= 11 is 0. The first-order valence-corrected chi connectivity index (χ1v) is 13.0. The van der Waals surface area contributed by atoms with Crippen molar-refractivity contribution in [2.45, 2.75) is 44.2 Å². The van der Waals surface area contributed by atoms with E-state index in [1.54, 1.807) is 18.2 Å². The molecule has 4 fully saturated rings. The molecule has 0 radical (unpaired) electrons. The van der Waals surface area contributed by atoms with Gasteiger partial charge < -0.3 is 15.0 Å². The molecule has 4 saturated carbocycles. The third kappa shape index (κ3) is 3.53. The van der Waals surface area contributed by atoms with Crippen LogP contribution in [0, 0.1) is 28.3 Å². The van der Waals surface area contributed by atoms with Crippen LogP contribution >= 0.6 is 0 Å². The molecule has 0 spiro atoms. The van der Waals surface area contributed by atoms with E-state index >= 15 is 0 Å². The number of carboxylic acids is 1. The van der Waals surface area contributed by atoms with E-state index in [9.17, 15) is 27.9 Å². The van der Waals surface area contributed by atoms with Gasteiger partial charge in [-0.25, -0.2) is 13.2 Å². The van der Waals surface area contributed by atoms with Crippen LogP contribution in [0.4, 0.5) is 13.2 Å². The Morgan fingerprint density at radius 3 is 2.23 bits per heavy atom. The number of carboxylic acid groups (broad SMARTS) is 1. The number of carbonyl (C=O) groups is 2. The summed E-state index contributed by atoms with van der Waals surface area (Å²) in [7, 11) is 0. The van der Waals surface area contributed by atoms with Crippen molar-refractivity contribution >= 4 is 22.8 Å². The van der Waals surface area contributed by atoms with Crippen LogP contribution in [0.3, 0.4) is 0 Å². The van der Waals surface area contributed by atoms with E-state index in [1.165, 1.54) is 18.2 Å². The zero-order valence-electron chi connectivity index (χ0n) is 20.9. The van der Waals surface area contributed by atoms with Crippen molar-refractivity contribution in [3.8, 4) is 11.1 Å². The van der Waals surface area contributed by atoms with Crippen molar-refractivity contribution in [2.75, 3.05) is 0 Å². The van der Waals surface area contributed by atoms with Crippen molar-refractivity contribution in [3.63, 3.8) is 0 Å². The van der Waals surface area contributed by atoms with Crippen molar-refractivity contribution in [2.24, 2.45) is 10.8 Å². The Morgan fingerprint density at radius 2 is 1.59 bits per heavy atom. The lowest BCUT2D eigenvalue weighted by atomic mass is 9.32. The summed E-state index contributed by atoms with van der Waals surface area (Å²) < 4.78 is 43.1. The van der Waals surface area contributed by atoms with Gasteiger partial charge in [-0.05, 0) is 96.7 Å². The maximum absolute atomic E-state index is 14.1. The second kappa shape index (κ2) is 7.97. The highest BCUT2D eigenvalue weighted by Gasteiger charge is 2.81. The first-order valence-electron chi connectivity index (χ1n) is 13.0. The molecular formula is C31H25F3N2O3. The number of carbonyl (C=O) groups excluding carboxylic acids is 1. The fraction of sp³-hybridized carbons (Fsp3) is 0.290. The summed E-state index contributed by atoms with van der Waals surface area (Å²) in [5.41, 5.74) is 1.73. The molecule has 5 nitrogen and oxygen atoms in total. The van der Waals surface area contributed by atoms with Crippen LogP contribution in [-0.2, 0) is 11.3 Å². The Labute approximate surface area is 222 Å². The molecule has 39 heavy (non-hydrogen) atoms. The van der Waals surface area contributed by atoms with Crippen LogP contribution in [0.2, 0.25) is 0 Å². The van der Waals surface area contributed by atoms with Gasteiger partial charge in [0, 0.05) is 23.7 Å². The van der Waals surface area contributed by atoms with Crippen LogP contribution in [0.15, 0.2) is 66.9 Å². The van der Waals surface area contributed by atoms with E-state index in [1.807, 2.05) is 22.9 Å². The molecule has 4 aliphatic rings. The minimum Gasteiger partial charge on any atom is -0.481 e. The van der Waals surface area contributed by atoms with Crippen LogP contribution < -0.4 is 5.32 Å². The Kier molecular flexibility index (Phi) is 4.91. The Balaban J connectivity index is 1.28. The van der Waals surface area contributed by atoms with Crippen LogP contribution in [0.1, 0.15) is 48.0 Å². The molecule has 0 saturated heterocycles. The number of nitrogens with one attached hydrogen (secondary N) is 1. The number of aliphatic carboxylic acids is 1. The lowest BCUT2D eigenvalue weighted by Gasteiger charge is -2.71. The van der Waals surface area contributed by atoms with Gasteiger partial charge >= 0.3 is 5.97 Å². The minimum atomic E-state index is -0.972. The molecule has 0 aliphatic heterocycles. The summed E-state index contributed by atoms with van der Waals surface area (Å²) in [6.07, 6.45) is 5.21. The lowest BCUT2D eigenvalue weighted by molar-refractivity contribution is -0.236. The molecule has 4 aliphatic carbocycles. The highest BCUT2D eigenvalue weighted by molar-refractivity contribution is 6.08. The molecular weight excluding hydrogens is 505 g/mol. The molecule has 3 aromatic carbocycles. The Bertz CT molecular complexity index is 1670. The largest absolute Gasteiger partial charge is 0.481 e. The van der Waals surface area contributed by atoms with E-state index in [-0.39, 0.29) is 17.1 Å². The first-order chi connectivity index (χ1) is 18.6. The smallest absolute Gasteiger partial charge is 0.309 e. The average molecular weight is 531 g/mol. The zero-order chi connectivity index (χ0) is 27.2. The number of hydrogen-bond donors (Lipinski definition) is 2. The predicted molar refractivity (Wildman–Crippen MR) is 139 cm³/mol. The highest BCUT2D eigenvalue weighted by atomic mass is 19.2. The Hall–Kier alpha value is -4.07. The van der Waals surface area contributed by atoms with Gasteiger partial charge in [-0.1, -0.05) is 18.2 Å². The van der Waals surface area contributed by atoms with E-state index in [0.717, 1.165) is 35.9 Å². The van der Waals surface area contributed by atoms with Crippen molar-refractivity contribution in [3.05, 3.63) is 95.4 Å². The molecule has 1 heterocycles. The second-order valence-electron chi connectivity index (χ2n) is 11.6. The number of fused-ring (bicyclic) bond motifs is 1. The van der Waals surface area contributed by atoms with Crippen LogP contribution in [0.25, 0.3) is 22.0 Å². The molecule has 0 unspecified atom stereocenters. The Morgan fingerprint density at radius 1 is 0.872 bits per heavy atom. The number of hydrogen-bond acceptors (Lipinski definition) is 2. The average Bonchev–Trinajstić information content (AvgIpc) is 3.50. The minimum absolute atomic E-state index is 0.173. The molecule has 198 valence electrons. The number of benzene rings is 3. The molecule has 2 N–H and O–H groups in total. The number of aromatic nitrogens is 1. The fourth-order valence-corrected chi connectivity index (χ4v) is 7.00. The van der Waals surface area contributed by atoms with Gasteiger partial charge in [0.2, 0.25) is 0 Å². The topological polar surface area (TPSA) is 71.3 Å². The van der Waals surface area contributed by atoms with Gasteiger partial charge in [0.05, 0.1) is 16.5 Å². The zero-order valence-corrected chi connectivity index (χ0v) is 20.9. The van der Waals surface area contributed by atoms with Crippen LogP contribution in [-0.4, -0.2) is 27.1 Å². The molecule has 1 aromatic heterocycles. The molecule has 2 bridgehead atoms. The quantitative estimate of drug-likeness (QED) is 0.295. The summed E-state index contributed by atoms with van der Waals surface area (Å²) in [6, 6.07) is 15.2. The number of nitrogens with zero attached hydrogens (tertiary/aromatic N) is 1. The van der Waals surface area contributed by atoms with E-state index in [0.29, 0.717) is 48.0 Å². The van der Waals surface area contributed by atoms with Crippen molar-refractivity contribution in [1.29, 1.82) is 0 Å². The monoisotopic (exact) mass is 530 g/mol. The van der Waals surface area contributed by atoms with Gasteiger partial charge in [0.1, 0.15) is 5.82 Å².